The number of hydrogen-bond acceptors (Lipinski definition) is 26. The minimum atomic E-state index is -2.38. The van der Waals surface area contributed by atoms with Crippen molar-refractivity contribution in [3.8, 4) is 0 Å². The van der Waals surface area contributed by atoms with Crippen LogP contribution in [-0.2, 0) is 102 Å². The first-order valence-electron chi connectivity index (χ1n) is 40.2. The number of amides is 15. The number of carboxylic acids is 3. The van der Waals surface area contributed by atoms with Crippen molar-refractivity contribution in [2.24, 2.45) is 23.1 Å². The number of rotatable bonds is 41. The number of esters is 1. The minimum absolute atomic E-state index is 0.00264. The molecule has 123 heavy (non-hydrogen) atoms. The van der Waals surface area contributed by atoms with Crippen LogP contribution in [0.4, 0.5) is 5.69 Å². The van der Waals surface area contributed by atoms with Crippen LogP contribution in [0.5, 0.6) is 0 Å². The maximum atomic E-state index is 15.0. The van der Waals surface area contributed by atoms with Crippen LogP contribution in [0.15, 0.2) is 54.7 Å². The van der Waals surface area contributed by atoms with E-state index in [0.717, 1.165) is 52.9 Å². The van der Waals surface area contributed by atoms with Gasteiger partial charge in [-0.05, 0) is 88.6 Å². The molecule has 45 nitrogen and oxygen atoms in total. The van der Waals surface area contributed by atoms with Crippen molar-refractivity contribution >= 4 is 135 Å². The molecule has 2 heterocycles. The maximum Gasteiger partial charge on any atom is 0.329 e. The SMILES string of the molecule is CCCCCCCCCC(=O)N[C@@H](Cc1c[nH]c2ccccc12)C(=O)N[C@@H](CC(N)=O)C(=O)N[C@@H](CCO)C(=O)N[C@@H]1C(=O)NCC(=O)N[C@@H](CCCNC(=O)C(N)CCCCN)C(=O)N[C@@H](CC(=O)O)C(=O)N[C@H](C)C(=O)N[C@@H](CC(=O)O)C(=O)NCC(=O)N[C@H](CO)C(=O)N[C@@H]([C@H](C)CC(=O)O)C(=O)N[C@@H](CC(=O)c2ccccc2N)C(=O)O[C@@H]1C. The van der Waals surface area contributed by atoms with Crippen LogP contribution in [0, 0.1) is 5.92 Å². The number of aliphatic carboxylic acids is 3. The topological polar surface area (TPSA) is 740 Å². The molecule has 1 aromatic heterocycles. The van der Waals surface area contributed by atoms with Gasteiger partial charge in [0, 0.05) is 60.8 Å². The van der Waals surface area contributed by atoms with E-state index in [0.29, 0.717) is 48.7 Å². The van der Waals surface area contributed by atoms with Crippen molar-refractivity contribution in [2.45, 2.75) is 235 Å². The number of aliphatic hydroxyl groups is 2. The van der Waals surface area contributed by atoms with Gasteiger partial charge in [-0.25, -0.2) is 4.79 Å². The van der Waals surface area contributed by atoms with Crippen molar-refractivity contribution in [3.05, 3.63) is 65.9 Å². The number of nitrogen functional groups attached to an aromatic ring is 1. The summed E-state index contributed by atoms with van der Waals surface area (Å²) in [4.78, 5) is 279. The summed E-state index contributed by atoms with van der Waals surface area (Å²) in [6.45, 7) is 0.423. The lowest BCUT2D eigenvalue weighted by molar-refractivity contribution is -0.156. The molecule has 15 amide bonds. The summed E-state index contributed by atoms with van der Waals surface area (Å²) >= 11 is 0. The van der Waals surface area contributed by atoms with Gasteiger partial charge in [-0.2, -0.15) is 0 Å². The lowest BCUT2D eigenvalue weighted by atomic mass is 9.96. The number of hydrogen-bond donors (Lipinski definition) is 24. The third-order valence-electron chi connectivity index (χ3n) is 19.5. The number of ketones is 1. The fraction of sp³-hybridized carbons (Fsp3) is 0.564. The number of aromatic nitrogens is 1. The van der Waals surface area contributed by atoms with Crippen molar-refractivity contribution < 1.29 is 126 Å². The van der Waals surface area contributed by atoms with Gasteiger partial charge in [0.1, 0.15) is 72.6 Å². The highest BCUT2D eigenvalue weighted by molar-refractivity contribution is 6.05. The smallest absolute Gasteiger partial charge is 0.329 e. The Hall–Kier alpha value is -12.8. The third kappa shape index (κ3) is 36.2. The van der Waals surface area contributed by atoms with Crippen LogP contribution in [0.1, 0.15) is 166 Å². The number of aromatic amines is 1. The predicted molar refractivity (Wildman–Crippen MR) is 435 cm³/mol. The number of carbonyl (C=O) groups excluding carboxylic acids is 17. The number of nitrogens with one attached hydrogen (secondary N) is 15. The number of primary amides is 1. The molecule has 1 aliphatic heterocycles. The monoisotopic (exact) mass is 1730 g/mol. The van der Waals surface area contributed by atoms with E-state index < -0.39 is 274 Å². The van der Waals surface area contributed by atoms with Crippen molar-refractivity contribution in [3.63, 3.8) is 0 Å². The number of anilines is 1. The second-order valence-corrected chi connectivity index (χ2v) is 29.6. The van der Waals surface area contributed by atoms with Gasteiger partial charge in [0.2, 0.25) is 88.6 Å². The molecule has 0 radical (unpaired) electrons. The number of Topliss-reactive ketones (excluding diaryl/α,β-unsaturated/α-hetero) is 1. The van der Waals surface area contributed by atoms with E-state index in [1.54, 1.807) is 30.5 Å². The zero-order valence-electron chi connectivity index (χ0n) is 68.8. The minimum Gasteiger partial charge on any atom is -0.481 e. The summed E-state index contributed by atoms with van der Waals surface area (Å²) in [5.41, 5.74) is 24.1. The van der Waals surface area contributed by atoms with E-state index in [4.69, 9.17) is 27.7 Å². The molecule has 1 unspecified atom stereocenters. The quantitative estimate of drug-likeness (QED) is 0.0109. The van der Waals surface area contributed by atoms with Gasteiger partial charge in [-0.1, -0.05) is 89.1 Å². The summed E-state index contributed by atoms with van der Waals surface area (Å²) < 4.78 is 5.76. The molecule has 14 atom stereocenters. The third-order valence-corrected chi connectivity index (χ3v) is 19.5. The van der Waals surface area contributed by atoms with Gasteiger partial charge in [0.05, 0.1) is 51.4 Å². The van der Waals surface area contributed by atoms with Crippen LogP contribution in [0.3, 0.4) is 0 Å². The number of benzene rings is 2. The van der Waals surface area contributed by atoms with E-state index in [1.807, 2.05) is 16.0 Å². The Morgan fingerprint density at radius 2 is 1.14 bits per heavy atom. The molecule has 0 spiro atoms. The number of carboxylic acid groups (broad SMARTS) is 3. The highest BCUT2D eigenvalue weighted by atomic mass is 16.5. The normalized spacial score (nSPS) is 20.8. The molecule has 1 fully saturated rings. The Kier molecular flexibility index (Phi) is 44.3. The Bertz CT molecular complexity index is 4220. The second kappa shape index (κ2) is 53.1. The average Bonchev–Trinajstić information content (AvgIpc) is 1.79. The summed E-state index contributed by atoms with van der Waals surface area (Å²) in [7, 11) is 0. The Balaban J connectivity index is 1.90. The molecule has 1 aliphatic rings. The lowest BCUT2D eigenvalue weighted by Gasteiger charge is -2.30. The largest absolute Gasteiger partial charge is 0.481 e. The Labute approximate surface area is 706 Å². The standard InChI is InChI=1S/C78H115N19O26/c1-5-6-7-8-9-10-11-25-59(102)89-51(31-43-36-84-48-23-15-13-19-44(43)48)73(117)93-52(33-58(82)101)74(118)91-50(26-29-98)71(115)97-66-42(4)123-78(122)55(32-57(100)45-20-12-14-21-46(45)80)95-77(121)65(40(2)30-62(105)106)96-75(119)56(39-99)90-61(104)37-85-69(113)53(34-63(107)108)92-67(111)41(3)87-72(116)54(35-64(109)110)94-70(114)49(88-60(103)38-86-76(66)120)24-18-28-83-68(112)47(81)22-16-17-27-79/h12-15,19-21,23,36,40-42,47,49-56,65-66,84,98-99H,5-11,16-18,22,24-35,37-39,79-81H2,1-4H3,(H2,82,101)(H,83,112)(H,85,113)(H,86,120)(H,87,116)(H,88,103)(H,89,102)(H,90,104)(H,91,118)(H,92,111)(H,93,117)(H,94,114)(H,95,121)(H,96,119)(H,97,115)(H,105,106)(H,107,108)(H,109,110)/t40-,41-,42-,47?,49+,50+,51+,52+,53+,54+,55+,56-,65+,66+/m1/s1. The van der Waals surface area contributed by atoms with Gasteiger partial charge < -0.3 is 133 Å². The molecule has 0 saturated carbocycles. The molecule has 3 aromatic rings. The molecule has 4 rings (SSSR count). The molecular weight excluding hydrogens is 1620 g/mol. The average molecular weight is 1730 g/mol. The van der Waals surface area contributed by atoms with Crippen LogP contribution in [0.2, 0.25) is 0 Å². The molecular formula is C78H115N19O26. The molecule has 0 aliphatic carbocycles. The number of H-pyrrole nitrogens is 1. The van der Waals surface area contributed by atoms with E-state index in [1.165, 1.54) is 24.3 Å². The predicted octanol–water partition coefficient (Wildman–Crippen LogP) is -6.10. The summed E-state index contributed by atoms with van der Waals surface area (Å²) in [5.74, 6) is -28.1. The number of carbonyl (C=O) groups is 20. The van der Waals surface area contributed by atoms with Crippen LogP contribution >= 0.6 is 0 Å². The van der Waals surface area contributed by atoms with Crippen molar-refractivity contribution in [1.82, 2.24) is 79.4 Å². The lowest BCUT2D eigenvalue weighted by Crippen LogP contribution is -2.61. The van der Waals surface area contributed by atoms with Gasteiger partial charge in [-0.3, -0.25) is 91.1 Å². The molecule has 0 bridgehead atoms. The van der Waals surface area contributed by atoms with E-state index in [-0.39, 0.29) is 43.5 Å². The van der Waals surface area contributed by atoms with Gasteiger partial charge in [0.15, 0.2) is 5.78 Å². The Morgan fingerprint density at radius 3 is 1.76 bits per heavy atom. The number of nitrogens with two attached hydrogens (primary N) is 4. The van der Waals surface area contributed by atoms with Gasteiger partial charge in [0.25, 0.3) is 0 Å². The van der Waals surface area contributed by atoms with Crippen LogP contribution < -0.4 is 97.4 Å². The van der Waals surface area contributed by atoms with E-state index >= 15 is 0 Å². The van der Waals surface area contributed by atoms with Crippen LogP contribution in [0.25, 0.3) is 10.9 Å². The summed E-state index contributed by atoms with van der Waals surface area (Å²) in [5, 5.41) is 82.5. The Morgan fingerprint density at radius 1 is 0.561 bits per heavy atom. The number of fused-ring (bicyclic) bond motifs is 1. The number of aliphatic hydroxyl groups excluding tert-OH is 2. The summed E-state index contributed by atoms with van der Waals surface area (Å²) in [6, 6.07) is -11.1. The zero-order valence-corrected chi connectivity index (χ0v) is 68.8. The zero-order chi connectivity index (χ0) is 91.6. The highest BCUT2D eigenvalue weighted by Gasteiger charge is 2.41. The first-order chi connectivity index (χ1) is 58.3. The first-order valence-corrected chi connectivity index (χ1v) is 40.2. The second-order valence-electron chi connectivity index (χ2n) is 29.6. The molecule has 28 N–H and O–H groups in total. The van der Waals surface area contributed by atoms with Crippen molar-refractivity contribution in [1.29, 1.82) is 0 Å². The number of ether oxygens (including phenoxy) is 1. The van der Waals surface area contributed by atoms with Gasteiger partial charge >= 0.3 is 23.9 Å². The molecule has 678 valence electrons. The number of para-hydroxylation sites is 2. The fourth-order valence-electron chi connectivity index (χ4n) is 12.7. The fourth-order valence-corrected chi connectivity index (χ4v) is 12.7. The van der Waals surface area contributed by atoms with Crippen LogP contribution in [-0.4, -0.2) is 267 Å². The molecule has 1 saturated heterocycles. The maximum absolute atomic E-state index is 15.0. The summed E-state index contributed by atoms with van der Waals surface area (Å²) in [6.07, 6.45) is -0.473. The van der Waals surface area contributed by atoms with E-state index in [2.05, 4.69) is 70.4 Å². The first kappa shape index (κ1) is 103. The number of cyclic esters (lactones) is 1. The highest BCUT2D eigenvalue weighted by Crippen LogP contribution is 2.22. The van der Waals surface area contributed by atoms with E-state index in [9.17, 15) is 121 Å². The molecule has 2 aromatic carbocycles. The molecule has 45 heteroatoms. The number of unbranched alkanes of at least 4 members (excludes halogenated alkanes) is 7. The van der Waals surface area contributed by atoms with Crippen molar-refractivity contribution in [2.75, 3.05) is 45.1 Å². The van der Waals surface area contributed by atoms with Gasteiger partial charge in [-0.15, -0.1) is 0 Å².